The quantitative estimate of drug-likeness (QED) is 0.219. The van der Waals surface area contributed by atoms with Crippen molar-refractivity contribution in [2.24, 2.45) is 56.7 Å². The first kappa shape index (κ1) is 29.6. The Morgan fingerprint density at radius 2 is 1.45 bits per heavy atom. The second-order valence-electron chi connectivity index (χ2n) is 15.8. The van der Waals surface area contributed by atoms with Crippen molar-refractivity contribution in [3.05, 3.63) is 11.6 Å². The van der Waals surface area contributed by atoms with Gasteiger partial charge in [0.2, 0.25) is 0 Å². The Morgan fingerprint density at radius 3 is 2.02 bits per heavy atom. The zero-order chi connectivity index (χ0) is 29.7. The summed E-state index contributed by atoms with van der Waals surface area (Å²) in [6.45, 7) is 19.1. The molecular formula is C34H52O6. The fourth-order valence-corrected chi connectivity index (χ4v) is 11.6. The van der Waals surface area contributed by atoms with Crippen LogP contribution in [0.3, 0.4) is 0 Å². The maximum Gasteiger partial charge on any atom is 0.310 e. The van der Waals surface area contributed by atoms with Gasteiger partial charge in [0, 0.05) is 25.7 Å². The molecule has 224 valence electrons. The van der Waals surface area contributed by atoms with Crippen LogP contribution >= 0.6 is 0 Å². The predicted octanol–water partition coefficient (Wildman–Crippen LogP) is 7.55. The van der Waals surface area contributed by atoms with E-state index in [1.54, 1.807) is 0 Å². The summed E-state index contributed by atoms with van der Waals surface area (Å²) in [5.74, 6) is -1.11. The Morgan fingerprint density at radius 1 is 0.825 bits per heavy atom. The van der Waals surface area contributed by atoms with Crippen molar-refractivity contribution >= 4 is 17.9 Å². The number of esters is 2. The number of hydrogen-bond donors (Lipinski definition) is 1. The third kappa shape index (κ3) is 3.62. The van der Waals surface area contributed by atoms with Gasteiger partial charge in [0.15, 0.2) is 0 Å². The molecule has 5 rings (SSSR count). The van der Waals surface area contributed by atoms with Crippen molar-refractivity contribution in [1.82, 2.24) is 0 Å². The molecule has 4 saturated carbocycles. The van der Waals surface area contributed by atoms with Gasteiger partial charge in [-0.3, -0.25) is 14.4 Å². The van der Waals surface area contributed by atoms with Crippen LogP contribution in [0.2, 0.25) is 0 Å². The van der Waals surface area contributed by atoms with Crippen LogP contribution in [-0.4, -0.2) is 28.8 Å². The summed E-state index contributed by atoms with van der Waals surface area (Å²) in [7, 11) is 0. The topological polar surface area (TPSA) is 89.9 Å². The number of carboxylic acid groups (broad SMARTS) is 1. The van der Waals surface area contributed by atoms with E-state index in [2.05, 4.69) is 54.5 Å². The lowest BCUT2D eigenvalue weighted by Gasteiger charge is -2.72. The Hall–Kier alpha value is -1.85. The highest BCUT2D eigenvalue weighted by atomic mass is 16.7. The number of carbonyl (C=O) groups is 3. The molecule has 0 spiro atoms. The number of hydrogen-bond acceptors (Lipinski definition) is 5. The summed E-state index contributed by atoms with van der Waals surface area (Å²) in [5.41, 5.74) is 0.197. The van der Waals surface area contributed by atoms with E-state index in [4.69, 9.17) is 9.47 Å². The monoisotopic (exact) mass is 556 g/mol. The number of rotatable bonds is 3. The van der Waals surface area contributed by atoms with Gasteiger partial charge < -0.3 is 14.6 Å². The van der Waals surface area contributed by atoms with Gasteiger partial charge in [-0.1, -0.05) is 60.1 Å². The van der Waals surface area contributed by atoms with Gasteiger partial charge in [0.1, 0.15) is 0 Å². The van der Waals surface area contributed by atoms with Gasteiger partial charge in [0.05, 0.1) is 5.41 Å². The molecule has 6 nitrogen and oxygen atoms in total. The van der Waals surface area contributed by atoms with Crippen molar-refractivity contribution in [3.63, 3.8) is 0 Å². The summed E-state index contributed by atoms with van der Waals surface area (Å²) < 4.78 is 11.9. The molecule has 0 aromatic heterocycles. The van der Waals surface area contributed by atoms with Crippen LogP contribution in [-0.2, 0) is 23.9 Å². The van der Waals surface area contributed by atoms with E-state index in [9.17, 15) is 19.5 Å². The molecule has 1 N–H and O–H groups in total. The van der Waals surface area contributed by atoms with E-state index in [0.29, 0.717) is 24.2 Å². The third-order valence-corrected chi connectivity index (χ3v) is 14.1. The van der Waals surface area contributed by atoms with Crippen LogP contribution < -0.4 is 0 Å². The van der Waals surface area contributed by atoms with Gasteiger partial charge in [0.25, 0.3) is 5.79 Å². The highest BCUT2D eigenvalue weighted by Gasteiger charge is 2.72. The predicted molar refractivity (Wildman–Crippen MR) is 153 cm³/mol. The zero-order valence-electron chi connectivity index (χ0n) is 26.3. The molecule has 4 fully saturated rings. The van der Waals surface area contributed by atoms with E-state index in [1.165, 1.54) is 19.4 Å². The summed E-state index contributed by atoms with van der Waals surface area (Å²) in [4.78, 5) is 37.5. The van der Waals surface area contributed by atoms with Crippen LogP contribution in [0.4, 0.5) is 0 Å². The second-order valence-corrected chi connectivity index (χ2v) is 15.8. The van der Waals surface area contributed by atoms with Gasteiger partial charge in [-0.2, -0.15) is 0 Å². The molecule has 0 aromatic rings. The summed E-state index contributed by atoms with van der Waals surface area (Å²) in [6.07, 6.45) is 10.2. The normalized spacial score (nSPS) is 46.8. The molecule has 0 saturated heterocycles. The number of allylic oxidation sites excluding steroid dienone is 2. The zero-order valence-corrected chi connectivity index (χ0v) is 26.3. The molecule has 0 aliphatic heterocycles. The summed E-state index contributed by atoms with van der Waals surface area (Å²) >= 11 is 0. The average molecular weight is 557 g/mol. The Balaban J connectivity index is 1.58. The smallest absolute Gasteiger partial charge is 0.310 e. The molecule has 0 bridgehead atoms. The molecule has 6 heteroatoms. The van der Waals surface area contributed by atoms with E-state index in [0.717, 1.165) is 51.4 Å². The fraction of sp³-hybridized carbons (Fsp3) is 0.853. The third-order valence-electron chi connectivity index (χ3n) is 14.1. The van der Waals surface area contributed by atoms with Crippen LogP contribution in [0.5, 0.6) is 0 Å². The first-order chi connectivity index (χ1) is 18.4. The van der Waals surface area contributed by atoms with Gasteiger partial charge >= 0.3 is 17.9 Å². The molecule has 0 radical (unpaired) electrons. The minimum absolute atomic E-state index is 0.0296. The number of fused-ring (bicyclic) bond motifs is 7. The van der Waals surface area contributed by atoms with Crippen LogP contribution in [0.25, 0.3) is 0 Å². The minimum Gasteiger partial charge on any atom is -0.481 e. The standard InChI is InChI=1S/C34H52O6/c1-20-12-15-33(28(37)38)18-17-31(8)24(27(33)21(20)2)10-11-26-30(7)16-19-34(39-22(3)35,40-23(4)36)29(5,6)25(30)13-14-32(26,31)9/h10,20-21,25-27H,11-19H2,1-9H3,(H,37,38)/t20-,21+,25?,26-,27+,30+,31-,32-,33+/m1/s1. The van der Waals surface area contributed by atoms with Crippen molar-refractivity contribution in [2.45, 2.75) is 126 Å². The molecule has 5 aliphatic carbocycles. The van der Waals surface area contributed by atoms with Crippen molar-refractivity contribution in [3.8, 4) is 0 Å². The molecule has 9 atom stereocenters. The molecule has 1 unspecified atom stereocenters. The second kappa shape index (κ2) is 9.07. The SMILES string of the molecule is CC(=O)OC1(OC(C)=O)CC[C@@]2(C)C(CC[C@]3(C)[C@@H]2CC=C2[C@@H]4[C@@H](C)[C@H](C)CC[C@]4(C(=O)O)CC[C@]23C)C1(C)C. The maximum atomic E-state index is 12.9. The van der Waals surface area contributed by atoms with Gasteiger partial charge in [-0.15, -0.1) is 0 Å². The first-order valence-electron chi connectivity index (χ1n) is 15.7. The number of aliphatic carboxylic acids is 1. The van der Waals surface area contributed by atoms with Gasteiger partial charge in [-0.05, 0) is 97.2 Å². The fourth-order valence-electron chi connectivity index (χ4n) is 11.6. The molecular weight excluding hydrogens is 504 g/mol. The maximum absolute atomic E-state index is 12.9. The van der Waals surface area contributed by atoms with E-state index < -0.39 is 34.5 Å². The summed E-state index contributed by atoms with van der Waals surface area (Å²) in [5, 5.41) is 10.6. The highest BCUT2D eigenvalue weighted by Crippen LogP contribution is 2.76. The van der Waals surface area contributed by atoms with Crippen LogP contribution in [0.1, 0.15) is 120 Å². The van der Waals surface area contributed by atoms with Crippen molar-refractivity contribution in [1.29, 1.82) is 0 Å². The largest absolute Gasteiger partial charge is 0.481 e. The van der Waals surface area contributed by atoms with Crippen molar-refractivity contribution in [2.75, 3.05) is 0 Å². The minimum atomic E-state index is -1.26. The number of ether oxygens (including phenoxy) is 2. The molecule has 40 heavy (non-hydrogen) atoms. The Kier molecular flexibility index (Phi) is 6.72. The lowest BCUT2D eigenvalue weighted by Crippen LogP contribution is -2.68. The van der Waals surface area contributed by atoms with E-state index >= 15 is 0 Å². The average Bonchev–Trinajstić information content (AvgIpc) is 2.83. The van der Waals surface area contributed by atoms with Crippen LogP contribution in [0, 0.1) is 56.7 Å². The number of carbonyl (C=O) groups excluding carboxylic acids is 2. The lowest BCUT2D eigenvalue weighted by atomic mass is 9.33. The Labute approximate surface area is 241 Å². The number of carboxylic acids is 1. The molecule has 5 aliphatic rings. The van der Waals surface area contributed by atoms with E-state index in [-0.39, 0.29) is 28.1 Å². The molecule has 0 amide bonds. The molecule has 0 aromatic carbocycles. The highest BCUT2D eigenvalue weighted by molar-refractivity contribution is 5.76. The molecule has 0 heterocycles. The van der Waals surface area contributed by atoms with Crippen LogP contribution in [0.15, 0.2) is 11.6 Å². The lowest BCUT2D eigenvalue weighted by molar-refractivity contribution is -0.321. The first-order valence-corrected chi connectivity index (χ1v) is 15.7. The van der Waals surface area contributed by atoms with E-state index in [1.807, 2.05) is 0 Å². The summed E-state index contributed by atoms with van der Waals surface area (Å²) in [6, 6.07) is 0. The van der Waals surface area contributed by atoms with Gasteiger partial charge in [-0.25, -0.2) is 0 Å². The van der Waals surface area contributed by atoms with Crippen molar-refractivity contribution < 1.29 is 29.0 Å². The Bertz CT molecular complexity index is 1120.